The number of anilines is 1. The van der Waals surface area contributed by atoms with Crippen LogP contribution in [-0.2, 0) is 4.79 Å². The van der Waals surface area contributed by atoms with Gasteiger partial charge in [-0.2, -0.15) is 0 Å². The normalized spacial score (nSPS) is 19.4. The minimum Gasteiger partial charge on any atom is -0.366 e. The molecule has 1 saturated heterocycles. The maximum atomic E-state index is 11.4. The number of piperidine rings is 1. The number of likely N-dealkylation sites (N-methyl/N-ethyl adjacent to an activating group) is 1. The quantitative estimate of drug-likeness (QED) is 0.657. The van der Waals surface area contributed by atoms with Gasteiger partial charge in [-0.1, -0.05) is 0 Å². The van der Waals surface area contributed by atoms with Gasteiger partial charge in [-0.15, -0.1) is 0 Å². The molecule has 2 rings (SSSR count). The lowest BCUT2D eigenvalue weighted by atomic mass is 10.1. The molecule has 1 atom stereocenters. The van der Waals surface area contributed by atoms with E-state index in [1.54, 1.807) is 24.9 Å². The Morgan fingerprint density at radius 1 is 1.53 bits per heavy atom. The van der Waals surface area contributed by atoms with Crippen LogP contribution in [0.25, 0.3) is 0 Å². The van der Waals surface area contributed by atoms with E-state index in [0.717, 1.165) is 6.42 Å². The van der Waals surface area contributed by atoms with Crippen LogP contribution in [0.1, 0.15) is 18.5 Å². The highest BCUT2D eigenvalue weighted by Gasteiger charge is 2.23. The average molecular weight is 264 g/mol. The zero-order chi connectivity index (χ0) is 14.0. The van der Waals surface area contributed by atoms with Crippen LogP contribution in [0, 0.1) is 17.0 Å². The highest BCUT2D eigenvalue weighted by molar-refractivity contribution is 5.77. The van der Waals surface area contributed by atoms with Crippen LogP contribution >= 0.6 is 0 Å². The molecule has 0 radical (unpaired) electrons. The molecule has 0 bridgehead atoms. The molecule has 1 aromatic heterocycles. The maximum absolute atomic E-state index is 11.4. The number of nitrogens with zero attached hydrogens (tertiary/aromatic N) is 3. The molecule has 102 valence electrons. The van der Waals surface area contributed by atoms with E-state index in [-0.39, 0.29) is 17.6 Å². The highest BCUT2D eigenvalue weighted by Crippen LogP contribution is 2.20. The van der Waals surface area contributed by atoms with Gasteiger partial charge in [0.15, 0.2) is 0 Å². The van der Waals surface area contributed by atoms with Crippen molar-refractivity contribution in [1.29, 1.82) is 0 Å². The molecule has 1 aromatic rings. The van der Waals surface area contributed by atoms with E-state index in [4.69, 9.17) is 0 Å². The summed E-state index contributed by atoms with van der Waals surface area (Å²) in [4.78, 5) is 27.5. The zero-order valence-corrected chi connectivity index (χ0v) is 10.9. The van der Waals surface area contributed by atoms with Gasteiger partial charge < -0.3 is 10.2 Å². The number of nitrogens with one attached hydrogen (secondary N) is 1. The van der Waals surface area contributed by atoms with E-state index in [1.807, 2.05) is 0 Å². The van der Waals surface area contributed by atoms with Crippen LogP contribution in [-0.4, -0.2) is 40.3 Å². The second-order valence-electron chi connectivity index (χ2n) is 4.71. The Balaban J connectivity index is 2.06. The van der Waals surface area contributed by atoms with E-state index < -0.39 is 4.92 Å². The van der Waals surface area contributed by atoms with Crippen LogP contribution in [0.5, 0.6) is 0 Å². The first-order chi connectivity index (χ1) is 8.97. The first-order valence-electron chi connectivity index (χ1n) is 6.10. The summed E-state index contributed by atoms with van der Waals surface area (Å²) in [5.41, 5.74) is 0.400. The molecule has 0 saturated carbocycles. The fraction of sp³-hybridized carbons (Fsp3) is 0.500. The van der Waals surface area contributed by atoms with Crippen molar-refractivity contribution < 1.29 is 9.72 Å². The molecule has 1 N–H and O–H groups in total. The molecule has 7 heteroatoms. The lowest BCUT2D eigenvalue weighted by Crippen LogP contribution is -2.43. The number of likely N-dealkylation sites (tertiary alicyclic amines) is 1. The highest BCUT2D eigenvalue weighted by atomic mass is 16.6. The standard InChI is InChI=1S/C12H16N4O3/c1-8-10(16(18)19)4-5-11(13-8)14-9-3-6-12(17)15(2)7-9/h4-5,9H,3,6-7H2,1-2H3,(H,13,14). The Hall–Kier alpha value is -2.18. The molecule has 0 aromatic carbocycles. The summed E-state index contributed by atoms with van der Waals surface area (Å²) in [6.45, 7) is 2.23. The summed E-state index contributed by atoms with van der Waals surface area (Å²) < 4.78 is 0. The number of hydrogen-bond acceptors (Lipinski definition) is 5. The molecule has 0 aliphatic carbocycles. The Labute approximate surface area is 110 Å². The third kappa shape index (κ3) is 2.98. The number of hydrogen-bond donors (Lipinski definition) is 1. The largest absolute Gasteiger partial charge is 0.366 e. The van der Waals surface area contributed by atoms with Gasteiger partial charge in [0.25, 0.3) is 5.69 Å². The van der Waals surface area contributed by atoms with Gasteiger partial charge in [0.1, 0.15) is 11.5 Å². The summed E-state index contributed by atoms with van der Waals surface area (Å²) in [5, 5.41) is 13.9. The number of carbonyl (C=O) groups excluding carboxylic acids is 1. The van der Waals surface area contributed by atoms with Gasteiger partial charge >= 0.3 is 0 Å². The summed E-state index contributed by atoms with van der Waals surface area (Å²) in [6, 6.07) is 3.18. The molecular formula is C12H16N4O3. The predicted molar refractivity (Wildman–Crippen MR) is 69.9 cm³/mol. The van der Waals surface area contributed by atoms with Crippen LogP contribution in [0.4, 0.5) is 11.5 Å². The number of nitro groups is 1. The van der Waals surface area contributed by atoms with E-state index in [2.05, 4.69) is 10.3 Å². The number of amides is 1. The van der Waals surface area contributed by atoms with Crippen LogP contribution in [0.15, 0.2) is 12.1 Å². The lowest BCUT2D eigenvalue weighted by molar-refractivity contribution is -0.385. The van der Waals surface area contributed by atoms with Gasteiger partial charge in [0.05, 0.1) is 4.92 Å². The molecule has 1 amide bonds. The third-order valence-corrected chi connectivity index (χ3v) is 3.23. The Morgan fingerprint density at radius 2 is 2.26 bits per heavy atom. The Morgan fingerprint density at radius 3 is 2.84 bits per heavy atom. The predicted octanol–water partition coefficient (Wildman–Crippen LogP) is 1.33. The minimum absolute atomic E-state index is 0.0153. The molecule has 1 aliphatic heterocycles. The van der Waals surface area contributed by atoms with Crippen LogP contribution in [0.3, 0.4) is 0 Å². The van der Waals surface area contributed by atoms with Crippen LogP contribution < -0.4 is 5.32 Å². The van der Waals surface area contributed by atoms with E-state index in [9.17, 15) is 14.9 Å². The second kappa shape index (κ2) is 5.21. The van der Waals surface area contributed by atoms with Crippen molar-refractivity contribution in [3.05, 3.63) is 27.9 Å². The molecule has 1 aliphatic rings. The Bertz CT molecular complexity index is 518. The molecule has 0 spiro atoms. The minimum atomic E-state index is -0.445. The molecule has 19 heavy (non-hydrogen) atoms. The van der Waals surface area contributed by atoms with Crippen molar-refractivity contribution in [2.24, 2.45) is 0 Å². The van der Waals surface area contributed by atoms with Gasteiger partial charge in [0.2, 0.25) is 5.91 Å². The average Bonchev–Trinajstić information content (AvgIpc) is 2.33. The van der Waals surface area contributed by atoms with Crippen molar-refractivity contribution in [1.82, 2.24) is 9.88 Å². The van der Waals surface area contributed by atoms with Gasteiger partial charge in [-0.25, -0.2) is 4.98 Å². The number of carbonyl (C=O) groups is 1. The number of aryl methyl sites for hydroxylation is 1. The molecule has 7 nitrogen and oxygen atoms in total. The number of aromatic nitrogens is 1. The van der Waals surface area contributed by atoms with Crippen molar-refractivity contribution >= 4 is 17.4 Å². The van der Waals surface area contributed by atoms with Crippen molar-refractivity contribution in [3.63, 3.8) is 0 Å². The molecular weight excluding hydrogens is 248 g/mol. The summed E-state index contributed by atoms with van der Waals surface area (Å²) in [7, 11) is 1.77. The number of rotatable bonds is 3. The Kier molecular flexibility index (Phi) is 3.64. The maximum Gasteiger partial charge on any atom is 0.290 e. The van der Waals surface area contributed by atoms with Gasteiger partial charge in [0, 0.05) is 32.1 Å². The first kappa shape index (κ1) is 13.3. The van der Waals surface area contributed by atoms with E-state index in [0.29, 0.717) is 24.5 Å². The second-order valence-corrected chi connectivity index (χ2v) is 4.71. The summed E-state index contributed by atoms with van der Waals surface area (Å²) in [5.74, 6) is 0.752. The lowest BCUT2D eigenvalue weighted by Gasteiger charge is -2.30. The monoisotopic (exact) mass is 264 g/mol. The van der Waals surface area contributed by atoms with E-state index >= 15 is 0 Å². The van der Waals surface area contributed by atoms with E-state index in [1.165, 1.54) is 6.07 Å². The van der Waals surface area contributed by atoms with Crippen LogP contribution in [0.2, 0.25) is 0 Å². The topological polar surface area (TPSA) is 88.4 Å². The first-order valence-corrected chi connectivity index (χ1v) is 6.10. The smallest absolute Gasteiger partial charge is 0.290 e. The molecule has 1 unspecified atom stereocenters. The summed E-state index contributed by atoms with van der Waals surface area (Å²) in [6.07, 6.45) is 1.26. The van der Waals surface area contributed by atoms with Crippen molar-refractivity contribution in [2.45, 2.75) is 25.8 Å². The SMILES string of the molecule is Cc1nc(NC2CCC(=O)N(C)C2)ccc1[N+](=O)[O-]. The van der Waals surface area contributed by atoms with Gasteiger partial charge in [-0.3, -0.25) is 14.9 Å². The van der Waals surface area contributed by atoms with Gasteiger partial charge in [-0.05, 0) is 19.4 Å². The van der Waals surface area contributed by atoms with Crippen molar-refractivity contribution in [3.8, 4) is 0 Å². The fourth-order valence-corrected chi connectivity index (χ4v) is 2.17. The molecule has 1 fully saturated rings. The zero-order valence-electron chi connectivity index (χ0n) is 10.9. The van der Waals surface area contributed by atoms with Crippen molar-refractivity contribution in [2.75, 3.05) is 18.9 Å². The third-order valence-electron chi connectivity index (χ3n) is 3.23. The fourth-order valence-electron chi connectivity index (χ4n) is 2.17. The molecule has 2 heterocycles. The summed E-state index contributed by atoms with van der Waals surface area (Å²) >= 11 is 0. The number of pyridine rings is 1.